The van der Waals surface area contributed by atoms with Crippen molar-refractivity contribution < 1.29 is 8.42 Å². The summed E-state index contributed by atoms with van der Waals surface area (Å²) in [5, 5.41) is 4.11. The minimum absolute atomic E-state index is 0. The van der Waals surface area contributed by atoms with Gasteiger partial charge in [-0.15, -0.1) is 12.4 Å². The molecule has 0 bridgehead atoms. The maximum Gasteiger partial charge on any atom is 0.216 e. The first-order chi connectivity index (χ1) is 9.64. The first-order valence-electron chi connectivity index (χ1n) is 6.67. The molecule has 1 aromatic heterocycles. The summed E-state index contributed by atoms with van der Waals surface area (Å²) in [5.41, 5.74) is 1.49. The molecule has 2 heterocycles. The maximum absolute atomic E-state index is 12.2. The maximum atomic E-state index is 12.2. The number of hydrogen-bond acceptors (Lipinski definition) is 4. The van der Waals surface area contributed by atoms with Crippen LogP contribution in [0.15, 0.2) is 36.5 Å². The number of aromatic nitrogens is 1. The molecule has 2 N–H and O–H groups in total. The molecule has 1 unspecified atom stereocenters. The highest BCUT2D eigenvalue weighted by Crippen LogP contribution is 2.18. The Morgan fingerprint density at radius 3 is 2.86 bits per heavy atom. The number of para-hydroxylation sites is 1. The number of hydrogen-bond donors (Lipinski definition) is 2. The molecule has 2 aromatic rings. The molecule has 0 radical (unpaired) electrons. The smallest absolute Gasteiger partial charge is 0.216 e. The Labute approximate surface area is 130 Å². The van der Waals surface area contributed by atoms with Crippen molar-refractivity contribution in [1.82, 2.24) is 15.0 Å². The Balaban J connectivity index is 0.00000161. The van der Waals surface area contributed by atoms with Gasteiger partial charge in [0.15, 0.2) is 0 Å². The second-order valence-electron chi connectivity index (χ2n) is 5.06. The summed E-state index contributed by atoms with van der Waals surface area (Å²) in [6.45, 7) is 1.57. The highest BCUT2D eigenvalue weighted by molar-refractivity contribution is 7.88. The molecule has 1 aliphatic rings. The van der Waals surface area contributed by atoms with Gasteiger partial charge in [0.25, 0.3) is 0 Å². The van der Waals surface area contributed by atoms with Gasteiger partial charge in [0.1, 0.15) is 0 Å². The van der Waals surface area contributed by atoms with Gasteiger partial charge in [-0.05, 0) is 24.6 Å². The molecule has 0 aliphatic carbocycles. The Bertz CT molecular complexity index is 710. The molecule has 1 atom stereocenters. The van der Waals surface area contributed by atoms with Crippen LogP contribution in [0.25, 0.3) is 10.9 Å². The molecule has 1 saturated heterocycles. The number of pyridine rings is 1. The van der Waals surface area contributed by atoms with Gasteiger partial charge in [-0.1, -0.05) is 24.3 Å². The summed E-state index contributed by atoms with van der Waals surface area (Å²) >= 11 is 0. The van der Waals surface area contributed by atoms with E-state index in [4.69, 9.17) is 0 Å². The summed E-state index contributed by atoms with van der Waals surface area (Å²) in [4.78, 5) is 4.29. The molecule has 7 heteroatoms. The van der Waals surface area contributed by atoms with Gasteiger partial charge in [0.05, 0.1) is 11.3 Å². The van der Waals surface area contributed by atoms with Gasteiger partial charge in [-0.25, -0.2) is 13.1 Å². The second kappa shape index (κ2) is 6.70. The first kappa shape index (κ1) is 16.2. The van der Waals surface area contributed by atoms with Crippen molar-refractivity contribution >= 4 is 33.3 Å². The normalized spacial score (nSPS) is 18.6. The fourth-order valence-corrected chi connectivity index (χ4v) is 3.97. The summed E-state index contributed by atoms with van der Waals surface area (Å²) < 4.78 is 27.2. The molecule has 3 rings (SSSR count). The fraction of sp³-hybridized carbons (Fsp3) is 0.357. The molecule has 1 aliphatic heterocycles. The van der Waals surface area contributed by atoms with Crippen LogP contribution < -0.4 is 10.0 Å². The second-order valence-corrected chi connectivity index (χ2v) is 6.81. The predicted octanol–water partition coefficient (Wildman–Crippen LogP) is 1.44. The number of nitrogens with zero attached hydrogens (tertiary/aromatic N) is 1. The zero-order valence-corrected chi connectivity index (χ0v) is 13.1. The average molecular weight is 328 g/mol. The predicted molar refractivity (Wildman–Crippen MR) is 86.0 cm³/mol. The van der Waals surface area contributed by atoms with Crippen molar-refractivity contribution in [3.8, 4) is 0 Å². The van der Waals surface area contributed by atoms with Gasteiger partial charge >= 0.3 is 0 Å². The molecule has 0 saturated carbocycles. The molecular formula is C14H18ClN3O2S. The SMILES string of the molecule is Cl.O=S(=O)(Cc1cccc2cccnc12)NC1CCNC1. The van der Waals surface area contributed by atoms with E-state index in [0.29, 0.717) is 6.54 Å². The number of fused-ring (bicyclic) bond motifs is 1. The van der Waals surface area contributed by atoms with Crippen molar-refractivity contribution in [2.75, 3.05) is 13.1 Å². The van der Waals surface area contributed by atoms with E-state index in [2.05, 4.69) is 15.0 Å². The number of nitrogens with one attached hydrogen (secondary N) is 2. The van der Waals surface area contributed by atoms with Crippen LogP contribution in [0.1, 0.15) is 12.0 Å². The van der Waals surface area contributed by atoms with Crippen LogP contribution in [0.5, 0.6) is 0 Å². The lowest BCUT2D eigenvalue weighted by Gasteiger charge is -2.12. The van der Waals surface area contributed by atoms with Crippen molar-refractivity contribution in [2.24, 2.45) is 0 Å². The van der Waals surface area contributed by atoms with Gasteiger partial charge in [0.2, 0.25) is 10.0 Å². The topological polar surface area (TPSA) is 71.1 Å². The number of sulfonamides is 1. The third-order valence-corrected chi connectivity index (χ3v) is 4.85. The standard InChI is InChI=1S/C14H17N3O2S.ClH/c18-20(19,17-13-6-8-15-9-13)10-12-4-1-3-11-5-2-7-16-14(11)12;/h1-5,7,13,15,17H,6,8-10H2;1H. The molecule has 5 nitrogen and oxygen atoms in total. The van der Waals surface area contributed by atoms with Crippen LogP contribution in [0.2, 0.25) is 0 Å². The average Bonchev–Trinajstić information content (AvgIpc) is 2.91. The zero-order valence-electron chi connectivity index (χ0n) is 11.5. The van der Waals surface area contributed by atoms with Crippen molar-refractivity contribution in [3.63, 3.8) is 0 Å². The molecule has 114 valence electrons. The third-order valence-electron chi connectivity index (χ3n) is 3.47. The number of halogens is 1. The van der Waals surface area contributed by atoms with E-state index in [1.165, 1.54) is 0 Å². The molecule has 1 fully saturated rings. The van der Waals surface area contributed by atoms with E-state index in [1.54, 1.807) is 6.20 Å². The number of rotatable bonds is 4. The van der Waals surface area contributed by atoms with Crippen LogP contribution in [0, 0.1) is 0 Å². The summed E-state index contributed by atoms with van der Waals surface area (Å²) in [7, 11) is -3.34. The van der Waals surface area contributed by atoms with E-state index in [9.17, 15) is 8.42 Å². The lowest BCUT2D eigenvalue weighted by molar-refractivity contribution is 0.559. The quantitative estimate of drug-likeness (QED) is 0.891. The molecular weight excluding hydrogens is 310 g/mol. The Morgan fingerprint density at radius 1 is 1.29 bits per heavy atom. The van der Waals surface area contributed by atoms with E-state index in [0.717, 1.165) is 29.4 Å². The van der Waals surface area contributed by atoms with Crippen molar-refractivity contribution in [2.45, 2.75) is 18.2 Å². The van der Waals surface area contributed by atoms with Gasteiger partial charge in [-0.2, -0.15) is 0 Å². The lowest BCUT2D eigenvalue weighted by Crippen LogP contribution is -2.36. The van der Waals surface area contributed by atoms with Crippen molar-refractivity contribution in [1.29, 1.82) is 0 Å². The monoisotopic (exact) mass is 327 g/mol. The highest BCUT2D eigenvalue weighted by atomic mass is 35.5. The van der Waals surface area contributed by atoms with Crippen LogP contribution >= 0.6 is 12.4 Å². The Morgan fingerprint density at radius 2 is 2.10 bits per heavy atom. The van der Waals surface area contributed by atoms with Gasteiger partial charge < -0.3 is 5.32 Å². The van der Waals surface area contributed by atoms with Gasteiger partial charge in [-0.3, -0.25) is 4.98 Å². The Hall–Kier alpha value is -1.21. The largest absolute Gasteiger partial charge is 0.315 e. The van der Waals surface area contributed by atoms with Crippen molar-refractivity contribution in [3.05, 3.63) is 42.1 Å². The molecule has 1 aromatic carbocycles. The lowest BCUT2D eigenvalue weighted by atomic mass is 10.1. The first-order valence-corrected chi connectivity index (χ1v) is 8.33. The van der Waals surface area contributed by atoms with Crippen LogP contribution in [0.3, 0.4) is 0 Å². The van der Waals surface area contributed by atoms with E-state index in [1.807, 2.05) is 30.3 Å². The highest BCUT2D eigenvalue weighted by Gasteiger charge is 2.22. The minimum Gasteiger partial charge on any atom is -0.315 e. The van der Waals surface area contributed by atoms with E-state index >= 15 is 0 Å². The minimum atomic E-state index is -3.34. The zero-order chi connectivity index (χ0) is 14.0. The van der Waals surface area contributed by atoms with Gasteiger partial charge in [0, 0.05) is 24.2 Å². The summed E-state index contributed by atoms with van der Waals surface area (Å²) in [6, 6.07) is 9.42. The molecule has 0 spiro atoms. The molecule has 21 heavy (non-hydrogen) atoms. The van der Waals surface area contributed by atoms with Crippen LogP contribution in [-0.4, -0.2) is 32.5 Å². The summed E-state index contributed by atoms with van der Waals surface area (Å²) in [6.07, 6.45) is 2.53. The van der Waals surface area contributed by atoms with Crippen LogP contribution in [0.4, 0.5) is 0 Å². The number of benzene rings is 1. The Kier molecular flexibility index (Phi) is 5.16. The van der Waals surface area contributed by atoms with E-state index in [-0.39, 0.29) is 24.2 Å². The summed E-state index contributed by atoms with van der Waals surface area (Å²) in [5.74, 6) is -0.0299. The van der Waals surface area contributed by atoms with E-state index < -0.39 is 10.0 Å². The van der Waals surface area contributed by atoms with Crippen LogP contribution in [-0.2, 0) is 15.8 Å². The third kappa shape index (κ3) is 3.91. The fourth-order valence-electron chi connectivity index (χ4n) is 2.54. The molecule has 0 amide bonds.